The van der Waals surface area contributed by atoms with Crippen molar-refractivity contribution < 1.29 is 32.5 Å². The topological polar surface area (TPSA) is 379 Å². The van der Waals surface area contributed by atoms with E-state index in [1.165, 1.54) is 40.2 Å². The van der Waals surface area contributed by atoms with Gasteiger partial charge in [-0.05, 0) is 59.3 Å². The molecule has 5 aliphatic rings. The number of halogens is 2. The van der Waals surface area contributed by atoms with Crippen molar-refractivity contribution in [3.05, 3.63) is 160 Å². The molecule has 0 saturated carbocycles. The van der Waals surface area contributed by atoms with Gasteiger partial charge in [0.15, 0.2) is 33.5 Å². The van der Waals surface area contributed by atoms with E-state index in [2.05, 4.69) is 89.0 Å². The number of fused-ring (bicyclic) bond motifs is 4. The Hall–Kier alpha value is -8.96. The molecule has 15 heterocycles. The number of ether oxygens (including phenoxy) is 4. The number of rotatable bonds is 21. The molecule has 0 radical (unpaired) electrons. The lowest BCUT2D eigenvalue weighted by atomic mass is 9.88. The van der Waals surface area contributed by atoms with Crippen LogP contribution in [0.4, 0.5) is 5.82 Å². The van der Waals surface area contributed by atoms with E-state index in [-0.39, 0.29) is 44.3 Å². The molecule has 10 aromatic heterocycles. The molecule has 15 rings (SSSR count). The monoisotopic (exact) mass is 1530 g/mol. The van der Waals surface area contributed by atoms with Gasteiger partial charge in [-0.2, -0.15) is 0 Å². The number of aromatic amines is 2. The molecule has 0 spiro atoms. The van der Waals surface area contributed by atoms with Crippen LogP contribution >= 0.6 is 27.5 Å². The molecule has 0 aromatic carbocycles. The van der Waals surface area contributed by atoms with Gasteiger partial charge in [0.1, 0.15) is 23.1 Å². The lowest BCUT2D eigenvalue weighted by Crippen LogP contribution is -2.44. The Morgan fingerprint density at radius 3 is 1.19 bits per heavy atom. The Bertz CT molecular complexity index is 5000. The van der Waals surface area contributed by atoms with Crippen LogP contribution in [0.25, 0.3) is 33.5 Å². The number of hydrogen-bond acceptors (Lipinski definition) is 22. The highest BCUT2D eigenvalue weighted by Crippen LogP contribution is 2.32. The molecule has 10 aromatic rings. The number of aromatic nitrogens is 17. The van der Waals surface area contributed by atoms with Gasteiger partial charge in [0, 0.05) is 144 Å². The number of nitrogens with one attached hydrogen (secondary N) is 2. The smallest absolute Gasteiger partial charge is 0.332 e. The molecular formula is C69H92BrClN18O15. The first kappa shape index (κ1) is 77.6. The number of aliphatic imine (C=N–C) groups is 1. The molecule has 4 fully saturated rings. The molecule has 2 N–H and O–H groups in total. The minimum Gasteiger partial charge on any atom is -0.380 e. The predicted molar refractivity (Wildman–Crippen MR) is 391 cm³/mol. The molecule has 5 aliphatic heterocycles. The molecule has 0 atom stereocenters. The summed E-state index contributed by atoms with van der Waals surface area (Å²) >= 11 is 8.95. The highest BCUT2D eigenvalue weighted by Gasteiger charge is 2.37. The summed E-state index contributed by atoms with van der Waals surface area (Å²) in [4.78, 5) is 118. The van der Waals surface area contributed by atoms with Gasteiger partial charge < -0.3 is 46.2 Å². The van der Waals surface area contributed by atoms with Crippen LogP contribution in [0.2, 0.25) is 0 Å². The summed E-state index contributed by atoms with van der Waals surface area (Å²) in [7, 11) is 6.48. The van der Waals surface area contributed by atoms with Crippen LogP contribution in [0.5, 0.6) is 0 Å². The Labute approximate surface area is 608 Å². The van der Waals surface area contributed by atoms with Crippen molar-refractivity contribution in [1.29, 1.82) is 0 Å². The largest absolute Gasteiger partial charge is 0.380 e. The molecule has 35 heteroatoms. The van der Waals surface area contributed by atoms with Crippen LogP contribution in [-0.4, -0.2) is 152 Å². The summed E-state index contributed by atoms with van der Waals surface area (Å²) in [5.74, 6) is 3.85. The Balaban J connectivity index is 0.000000142. The summed E-state index contributed by atoms with van der Waals surface area (Å²) in [6.07, 6.45) is 14.8. The van der Waals surface area contributed by atoms with E-state index in [0.717, 1.165) is 90.9 Å². The predicted octanol–water partition coefficient (Wildman–Crippen LogP) is 5.26. The molecule has 4 saturated heterocycles. The molecule has 0 bridgehead atoms. The van der Waals surface area contributed by atoms with Crippen LogP contribution in [0.15, 0.2) is 94.1 Å². The maximum absolute atomic E-state index is 13.1. The van der Waals surface area contributed by atoms with Gasteiger partial charge in [0.2, 0.25) is 0 Å². The highest BCUT2D eigenvalue weighted by molar-refractivity contribution is 9.09. The normalized spacial score (nSPS) is 16.0. The molecular weight excluding hydrogens is 1440 g/mol. The number of aryl methyl sites for hydroxylation is 9. The zero-order chi connectivity index (χ0) is 74.8. The van der Waals surface area contributed by atoms with Gasteiger partial charge in [-0.1, -0.05) is 59.1 Å². The first-order valence-corrected chi connectivity index (χ1v) is 36.2. The van der Waals surface area contributed by atoms with E-state index in [1.54, 1.807) is 58.0 Å². The lowest BCUT2D eigenvalue weighted by Gasteiger charge is -2.38. The van der Waals surface area contributed by atoms with Crippen molar-refractivity contribution >= 4 is 73.1 Å². The van der Waals surface area contributed by atoms with Crippen molar-refractivity contribution in [1.82, 2.24) is 81.5 Å². The van der Waals surface area contributed by atoms with Crippen LogP contribution in [0.1, 0.15) is 106 Å². The molecule has 33 nitrogen and oxygen atoms in total. The van der Waals surface area contributed by atoms with Crippen molar-refractivity contribution in [3.8, 4) is 0 Å². The zero-order valence-corrected chi connectivity index (χ0v) is 63.1. The summed E-state index contributed by atoms with van der Waals surface area (Å²) in [5, 5.41) is 12.6. The standard InChI is InChI=1S/2C19H25N5O4.C11H14N4O3.C8H12BrNO.C7H7N3O2.C5H9ClO/c2*1-13-8-14(28-21-13)6-4-5-7-24-17(25)15-16(22(3)18(24)26)20-12-23(15)9-19(2)10-27-11-19;1-11(4-18-5-11)3-15-6-12-8-7(15)9(16)13-10(17)14(8)2;1-7-6-8(11-10-7)4-2-3-5-9;1-10-5-4(2-3-8-5)6(11)9-7(10)12;1-5(2-6)3-7-4-5/h2*8,12H,4-7,9-11H2,1-3H3;6H,3-5H2,1-2H3,(H,13,16,17);6H,2-5H2,1H3;3H,2H2,1H3,(H,9,11,12);2-4H2,1H3. The van der Waals surface area contributed by atoms with E-state index in [0.29, 0.717) is 142 Å². The minimum atomic E-state index is -0.448. The average Bonchev–Trinajstić information content (AvgIpc) is 1.61. The van der Waals surface area contributed by atoms with Crippen LogP contribution in [0, 0.1) is 42.4 Å². The molecule has 0 amide bonds. The summed E-state index contributed by atoms with van der Waals surface area (Å²) in [6.45, 7) is 22.5. The van der Waals surface area contributed by atoms with E-state index < -0.39 is 16.9 Å². The highest BCUT2D eigenvalue weighted by atomic mass is 79.9. The van der Waals surface area contributed by atoms with Crippen molar-refractivity contribution in [2.45, 2.75) is 145 Å². The average molecular weight is 1530 g/mol. The third-order valence-electron chi connectivity index (χ3n) is 18.5. The quantitative estimate of drug-likeness (QED) is 0.0684. The Morgan fingerprint density at radius 2 is 0.846 bits per heavy atom. The Kier molecular flexibility index (Phi) is 25.0. The van der Waals surface area contributed by atoms with Gasteiger partial charge in [0.25, 0.3) is 22.2 Å². The van der Waals surface area contributed by atoms with E-state index >= 15 is 0 Å². The SMILES string of the molecule is CC1(CCl)COC1.Cc1cc(CCCCBr)on1.Cc1cc(CCCCn2c(=O)c3c(ncn3CC3(C)COC3)n(C)c2=O)on1.Cc1cc(CCCCn2c(=O)c3c(ncn3CC3(C)COC3)n(C)c2=O)on1.Cn1c(=O)[nH]c(=O)c2c1ncn2CC1(C)COC1.Cn1c2c(c(=O)[nH]c1=O)CC=N2. The number of H-pyrrole nitrogens is 2. The number of hydrogen-bond donors (Lipinski definition) is 2. The van der Waals surface area contributed by atoms with Crippen molar-refractivity contribution in [2.24, 2.45) is 54.8 Å². The van der Waals surface area contributed by atoms with Crippen LogP contribution in [-0.2, 0) is 106 Å². The first-order chi connectivity index (χ1) is 49.5. The minimum absolute atomic E-state index is 0.00514. The first-order valence-electron chi connectivity index (χ1n) is 34.5. The van der Waals surface area contributed by atoms with E-state index in [4.69, 9.17) is 44.1 Å². The lowest BCUT2D eigenvalue weighted by molar-refractivity contribution is -0.109. The number of alkyl halides is 2. The van der Waals surface area contributed by atoms with Crippen molar-refractivity contribution in [2.75, 3.05) is 64.1 Å². The maximum Gasteiger partial charge on any atom is 0.332 e. The Morgan fingerprint density at radius 1 is 0.481 bits per heavy atom. The van der Waals surface area contributed by atoms with Crippen molar-refractivity contribution in [3.63, 3.8) is 0 Å². The van der Waals surface area contributed by atoms with Gasteiger partial charge in [0.05, 0.1) is 94.5 Å². The maximum atomic E-state index is 13.1. The second-order valence-electron chi connectivity index (χ2n) is 28.9. The molecule has 0 unspecified atom stereocenters. The summed E-state index contributed by atoms with van der Waals surface area (Å²) < 4.78 is 49.9. The molecule has 0 aliphatic carbocycles. The second-order valence-corrected chi connectivity index (χ2v) is 30.0. The summed E-state index contributed by atoms with van der Waals surface area (Å²) in [6, 6.07) is 5.80. The fraction of sp³-hybridized carbons (Fsp3) is 0.580. The van der Waals surface area contributed by atoms with E-state index in [1.807, 2.05) is 48.1 Å². The van der Waals surface area contributed by atoms with E-state index in [9.17, 15) is 38.4 Å². The third kappa shape index (κ3) is 18.2. The number of unbranched alkanes of at least 4 members (excludes halogenated alkanes) is 3. The van der Waals surface area contributed by atoms with Gasteiger partial charge >= 0.3 is 22.8 Å². The second kappa shape index (κ2) is 33.4. The zero-order valence-electron chi connectivity index (χ0n) is 60.8. The fourth-order valence-electron chi connectivity index (χ4n) is 12.3. The third-order valence-corrected chi connectivity index (χ3v) is 19.7. The molecule has 104 heavy (non-hydrogen) atoms. The number of nitrogens with zero attached hydrogens (tertiary/aromatic N) is 16. The number of imidazole rings is 3. The van der Waals surface area contributed by atoms with Crippen LogP contribution in [0.3, 0.4) is 0 Å². The van der Waals surface area contributed by atoms with Gasteiger partial charge in [-0.25, -0.2) is 39.1 Å². The fourth-order valence-corrected chi connectivity index (χ4v) is 12.9. The summed E-state index contributed by atoms with van der Waals surface area (Å²) in [5.41, 5.74) is 3.38. The van der Waals surface area contributed by atoms with Gasteiger partial charge in [-0.3, -0.25) is 56.5 Å². The van der Waals surface area contributed by atoms with Crippen LogP contribution < -0.4 is 45.0 Å². The van der Waals surface area contributed by atoms with Gasteiger partial charge in [-0.15, -0.1) is 11.6 Å². The molecule has 562 valence electrons.